The topological polar surface area (TPSA) is 96.0 Å². The summed E-state index contributed by atoms with van der Waals surface area (Å²) in [4.78, 5) is 2.21. The molecule has 5 rings (SSSR count). The normalized spacial score (nSPS) is 30.2. The molecule has 0 radical (unpaired) electrons. The van der Waals surface area contributed by atoms with Gasteiger partial charge in [-0.25, -0.2) is 4.39 Å². The fourth-order valence-corrected chi connectivity index (χ4v) is 5.98. The van der Waals surface area contributed by atoms with E-state index in [0.717, 1.165) is 47.3 Å². The van der Waals surface area contributed by atoms with E-state index in [9.17, 15) is 4.39 Å². The molecule has 3 aromatic rings. The van der Waals surface area contributed by atoms with Crippen LogP contribution in [0.4, 0.5) is 10.1 Å². The Morgan fingerprint density at radius 1 is 1.22 bits per heavy atom. The Bertz CT molecular complexity index is 1080. The number of hydrogen-bond acceptors (Lipinski definition) is 5. The molecule has 0 amide bonds. The second-order valence-electron chi connectivity index (χ2n) is 9.38. The summed E-state index contributed by atoms with van der Waals surface area (Å²) in [5.74, 6) is -0.383. The summed E-state index contributed by atoms with van der Waals surface area (Å²) in [6.07, 6.45) is 5.46. The average Bonchev–Trinajstić information content (AvgIpc) is 3.27. The van der Waals surface area contributed by atoms with Gasteiger partial charge in [-0.15, -0.1) is 0 Å². The Kier molecular flexibility index (Phi) is 5.28. The van der Waals surface area contributed by atoms with Crippen LogP contribution in [0.5, 0.6) is 0 Å². The fraction of sp³-hybridized carbons (Fsp3) is 0.400. The molecule has 0 bridgehead atoms. The number of piperidine rings is 1. The number of nitrogens with two attached hydrogens (primary N) is 2. The van der Waals surface area contributed by atoms with Crippen LogP contribution in [0.25, 0.3) is 0 Å². The van der Waals surface area contributed by atoms with Gasteiger partial charge in [-0.3, -0.25) is 5.10 Å². The highest BCUT2D eigenvalue weighted by Crippen LogP contribution is 2.55. The molecule has 0 aliphatic carbocycles. The molecule has 2 aliphatic rings. The zero-order chi connectivity index (χ0) is 22.5. The maximum absolute atomic E-state index is 14.7. The molecule has 0 saturated carbocycles. The summed E-state index contributed by atoms with van der Waals surface area (Å²) in [6, 6.07) is 13.5. The number of benzene rings is 2. The van der Waals surface area contributed by atoms with Crippen molar-refractivity contribution in [3.05, 3.63) is 82.9 Å². The number of rotatable bonds is 3. The third-order valence-electron chi connectivity index (χ3n) is 7.26. The summed E-state index contributed by atoms with van der Waals surface area (Å²) in [6.45, 7) is 2.75. The SMILES string of the molecule is Cc1cc(F)cc(C2(N)C(C3CC(N)CCN3)c3ccccc3N(C)C2c2cn[nH]c2)c1. The van der Waals surface area contributed by atoms with E-state index in [-0.39, 0.29) is 29.9 Å². The Labute approximate surface area is 188 Å². The maximum atomic E-state index is 14.7. The van der Waals surface area contributed by atoms with Crippen molar-refractivity contribution < 1.29 is 4.39 Å². The van der Waals surface area contributed by atoms with E-state index in [0.29, 0.717) is 0 Å². The molecule has 1 aromatic heterocycles. The Hall–Kier alpha value is -2.74. The second kappa shape index (κ2) is 7.99. The minimum atomic E-state index is -0.922. The van der Waals surface area contributed by atoms with E-state index in [1.165, 1.54) is 0 Å². The molecule has 1 fully saturated rings. The lowest BCUT2D eigenvalue weighted by Gasteiger charge is -2.55. The zero-order valence-electron chi connectivity index (χ0n) is 18.6. The first kappa shape index (κ1) is 21.1. The van der Waals surface area contributed by atoms with Crippen LogP contribution in [0.2, 0.25) is 0 Å². The molecule has 32 heavy (non-hydrogen) atoms. The molecule has 5 atom stereocenters. The number of likely N-dealkylation sites (N-methyl/N-ethyl adjacent to an activating group) is 1. The Morgan fingerprint density at radius 2 is 2.03 bits per heavy atom. The minimum absolute atomic E-state index is 0.0663. The molecular formula is C25H31FN6. The smallest absolute Gasteiger partial charge is 0.123 e. The first-order valence-corrected chi connectivity index (χ1v) is 11.3. The van der Waals surface area contributed by atoms with Crippen LogP contribution in [0.3, 0.4) is 0 Å². The van der Waals surface area contributed by atoms with Crippen molar-refractivity contribution >= 4 is 5.69 Å². The number of fused-ring (bicyclic) bond motifs is 1. The van der Waals surface area contributed by atoms with E-state index in [1.807, 2.05) is 25.4 Å². The van der Waals surface area contributed by atoms with Crippen LogP contribution >= 0.6 is 0 Å². The van der Waals surface area contributed by atoms with Gasteiger partial charge in [-0.2, -0.15) is 5.10 Å². The number of nitrogens with zero attached hydrogens (tertiary/aromatic N) is 2. The van der Waals surface area contributed by atoms with Gasteiger partial charge in [0, 0.05) is 42.5 Å². The van der Waals surface area contributed by atoms with Crippen molar-refractivity contribution in [1.82, 2.24) is 15.5 Å². The fourth-order valence-electron chi connectivity index (χ4n) is 5.98. The number of H-pyrrole nitrogens is 1. The molecule has 7 heteroatoms. The summed E-state index contributed by atoms with van der Waals surface area (Å²) in [5.41, 5.74) is 17.9. The molecule has 0 spiro atoms. The van der Waals surface area contributed by atoms with Gasteiger partial charge in [0.2, 0.25) is 0 Å². The summed E-state index contributed by atoms with van der Waals surface area (Å²) < 4.78 is 14.7. The van der Waals surface area contributed by atoms with Crippen molar-refractivity contribution in [2.45, 2.75) is 49.3 Å². The molecule has 3 heterocycles. The van der Waals surface area contributed by atoms with Crippen molar-refractivity contribution in [3.63, 3.8) is 0 Å². The number of aryl methyl sites for hydroxylation is 1. The number of para-hydroxylation sites is 1. The summed E-state index contributed by atoms with van der Waals surface area (Å²) >= 11 is 0. The Morgan fingerprint density at radius 3 is 2.75 bits per heavy atom. The molecule has 5 unspecified atom stereocenters. The first-order chi connectivity index (χ1) is 15.4. The van der Waals surface area contributed by atoms with Crippen molar-refractivity contribution in [3.8, 4) is 0 Å². The van der Waals surface area contributed by atoms with E-state index >= 15 is 0 Å². The van der Waals surface area contributed by atoms with Gasteiger partial charge in [0.1, 0.15) is 5.82 Å². The monoisotopic (exact) mass is 434 g/mol. The van der Waals surface area contributed by atoms with Crippen LogP contribution in [0, 0.1) is 12.7 Å². The van der Waals surface area contributed by atoms with Gasteiger partial charge in [0.25, 0.3) is 0 Å². The standard InChI is InChI=1S/C25H31FN6/c1-15-9-17(11-18(26)10-15)25(28)23(21-12-19(27)7-8-29-21)20-5-3-4-6-22(20)32(2)24(25)16-13-30-31-14-16/h3-6,9-11,13-14,19,21,23-24,29H,7-8,12,27-28H2,1-2H3,(H,30,31). The van der Waals surface area contributed by atoms with Crippen molar-refractivity contribution in [2.24, 2.45) is 11.5 Å². The van der Waals surface area contributed by atoms with Gasteiger partial charge in [-0.1, -0.05) is 24.3 Å². The van der Waals surface area contributed by atoms with E-state index in [1.54, 1.807) is 12.1 Å². The average molecular weight is 435 g/mol. The van der Waals surface area contributed by atoms with Gasteiger partial charge >= 0.3 is 0 Å². The highest BCUT2D eigenvalue weighted by Gasteiger charge is 2.54. The number of aromatic nitrogens is 2. The number of anilines is 1. The molecule has 6 nitrogen and oxygen atoms in total. The molecule has 6 N–H and O–H groups in total. The van der Waals surface area contributed by atoms with E-state index in [2.05, 4.69) is 51.7 Å². The van der Waals surface area contributed by atoms with Gasteiger partial charge in [0.15, 0.2) is 0 Å². The van der Waals surface area contributed by atoms with Crippen LogP contribution in [0.1, 0.15) is 47.1 Å². The highest BCUT2D eigenvalue weighted by atomic mass is 19.1. The van der Waals surface area contributed by atoms with Crippen LogP contribution in [-0.2, 0) is 5.54 Å². The van der Waals surface area contributed by atoms with Gasteiger partial charge in [-0.05, 0) is 61.2 Å². The lowest BCUT2D eigenvalue weighted by molar-refractivity contribution is 0.192. The molecule has 2 aromatic carbocycles. The van der Waals surface area contributed by atoms with Crippen LogP contribution in [0.15, 0.2) is 54.9 Å². The predicted octanol–water partition coefficient (Wildman–Crippen LogP) is 3.07. The van der Waals surface area contributed by atoms with Gasteiger partial charge in [0.05, 0.1) is 17.8 Å². The summed E-state index contributed by atoms with van der Waals surface area (Å²) in [7, 11) is 2.06. The quantitative estimate of drug-likeness (QED) is 0.508. The lowest BCUT2D eigenvalue weighted by atomic mass is 9.62. The van der Waals surface area contributed by atoms with E-state index in [4.69, 9.17) is 11.5 Å². The van der Waals surface area contributed by atoms with Crippen molar-refractivity contribution in [1.29, 1.82) is 0 Å². The minimum Gasteiger partial charge on any atom is -0.365 e. The summed E-state index contributed by atoms with van der Waals surface area (Å²) in [5, 5.41) is 10.9. The number of halogens is 1. The molecule has 2 aliphatic heterocycles. The third-order valence-corrected chi connectivity index (χ3v) is 7.26. The van der Waals surface area contributed by atoms with Crippen molar-refractivity contribution in [2.75, 3.05) is 18.5 Å². The molecule has 168 valence electrons. The highest BCUT2D eigenvalue weighted by molar-refractivity contribution is 5.63. The molecule has 1 saturated heterocycles. The zero-order valence-corrected chi connectivity index (χ0v) is 18.6. The number of aromatic amines is 1. The third kappa shape index (κ3) is 3.32. The predicted molar refractivity (Wildman–Crippen MR) is 125 cm³/mol. The lowest BCUT2D eigenvalue weighted by Crippen LogP contribution is -2.62. The number of hydrogen-bond donors (Lipinski definition) is 4. The van der Waals surface area contributed by atoms with E-state index < -0.39 is 5.54 Å². The van der Waals surface area contributed by atoms with Gasteiger partial charge < -0.3 is 21.7 Å². The maximum Gasteiger partial charge on any atom is 0.123 e. The largest absolute Gasteiger partial charge is 0.365 e. The first-order valence-electron chi connectivity index (χ1n) is 11.3. The van der Waals surface area contributed by atoms with Crippen LogP contribution < -0.4 is 21.7 Å². The Balaban J connectivity index is 1.79. The molecular weight excluding hydrogens is 403 g/mol. The second-order valence-corrected chi connectivity index (χ2v) is 9.38. The van der Waals surface area contributed by atoms with Crippen LogP contribution in [-0.4, -0.2) is 35.9 Å². The number of nitrogens with one attached hydrogen (secondary N) is 2.